The molecule has 3 N–H and O–H groups in total. The summed E-state index contributed by atoms with van der Waals surface area (Å²) in [4.78, 5) is 4.92. The molecule has 0 aliphatic rings. The Labute approximate surface area is 652 Å². The van der Waals surface area contributed by atoms with Gasteiger partial charge >= 0.3 is 0 Å². The van der Waals surface area contributed by atoms with Gasteiger partial charge in [0, 0.05) is 80.1 Å². The topological polar surface area (TPSA) is 44.5 Å². The van der Waals surface area contributed by atoms with E-state index in [0.29, 0.717) is 0 Å². The van der Waals surface area contributed by atoms with Gasteiger partial charge in [-0.3, -0.25) is 0 Å². The van der Waals surface area contributed by atoms with E-state index in [4.69, 9.17) is 5.73 Å². The van der Waals surface area contributed by atoms with E-state index in [1.165, 1.54) is 96.5 Å². The van der Waals surface area contributed by atoms with Crippen molar-refractivity contribution < 1.29 is 0 Å². The van der Waals surface area contributed by atoms with Crippen LogP contribution in [-0.4, -0.2) is 0 Å². The molecule has 0 unspecified atom stereocenters. The molecular weight excluding hydrogens is 1500 g/mol. The van der Waals surface area contributed by atoms with Gasteiger partial charge in [-0.25, -0.2) is 0 Å². The smallest absolute Gasteiger partial charge is 0.0620 e. The highest BCUT2D eigenvalue weighted by Gasteiger charge is 2.28. The zero-order valence-corrected chi connectivity index (χ0v) is 63.4. The highest BCUT2D eigenvalue weighted by molar-refractivity contribution is 9.11. The van der Waals surface area contributed by atoms with Crippen molar-refractivity contribution in [2.45, 2.75) is 0 Å². The van der Waals surface area contributed by atoms with Crippen LogP contribution in [-0.2, 0) is 0 Å². The Hall–Kier alpha value is -12.4. The number of hydrogen-bond acceptors (Lipinski definition) is 4. The van der Waals surface area contributed by atoms with Crippen LogP contribution in [0.3, 0.4) is 0 Å². The average Bonchev–Trinajstić information content (AvgIpc) is 0.715. The Bertz CT molecular complexity index is 5540. The molecule has 0 aromatic heterocycles. The second kappa shape index (κ2) is 35.4. The molecule has 7 heteroatoms. The molecule has 18 aromatic rings. The number of para-hydroxylation sites is 7. The maximum absolute atomic E-state index is 5.36. The Morgan fingerprint density at radius 1 is 0.215 bits per heavy atom. The number of nitrogens with two attached hydrogens (primary N) is 1. The number of nitrogen functional groups attached to an aromatic ring is 1. The van der Waals surface area contributed by atoms with Gasteiger partial charge in [0.05, 0.1) is 22.7 Å². The molecule has 107 heavy (non-hydrogen) atoms. The number of nitrogens with one attached hydrogen (secondary N) is 1. The third-order valence-corrected chi connectivity index (χ3v) is 20.8. The lowest BCUT2D eigenvalue weighted by molar-refractivity contribution is 1.29. The first kappa shape index (κ1) is 71.6. The van der Waals surface area contributed by atoms with Gasteiger partial charge < -0.3 is 20.9 Å². The molecule has 0 amide bonds. The molecule has 516 valence electrons. The van der Waals surface area contributed by atoms with E-state index in [1.54, 1.807) is 0 Å². The van der Waals surface area contributed by atoms with E-state index >= 15 is 0 Å². The highest BCUT2D eigenvalue weighted by Crippen LogP contribution is 2.53. The number of rotatable bonds is 12. The number of fused-ring (bicyclic) bond motifs is 4. The Balaban J connectivity index is 0.000000140. The van der Waals surface area contributed by atoms with Crippen LogP contribution >= 0.6 is 47.8 Å². The van der Waals surface area contributed by atoms with Crippen LogP contribution in [0.25, 0.3) is 87.6 Å². The van der Waals surface area contributed by atoms with Crippen LogP contribution in [0.5, 0.6) is 0 Å². The second-order valence-electron chi connectivity index (χ2n) is 25.3. The van der Waals surface area contributed by atoms with Gasteiger partial charge in [0.2, 0.25) is 0 Å². The summed E-state index contributed by atoms with van der Waals surface area (Å²) < 4.78 is 3.48. The number of hydrogen-bond donors (Lipinski definition) is 2. The standard InChI is InChI=1S/C50H36N2.C18H15N.C14H8Br2.C12H9Br.C6H7N/c1-5-21-37(22-6-1)41-29-17-19-35-47(41)51(39-25-9-3-10-26-39)49-43-31-13-15-33-45(43)50(46-34-16-14-32-44(46)49)52(40-27-11-4-12-28-40)48-36-20-18-30-42(48)38-23-7-2-8-24-38;1-3-9-15(10-4-1)17-13-7-8-14-18(17)19-16-11-5-2-6-12-16;15-13-9-5-1-2-6-10(9)14(16)12-8-4-3-7-11(12)13;13-12-9-5-4-8-11(12)10-6-2-1-3-7-10;7-6-4-2-1-3-5-6/h1-36H;1-14,19H;1-8H;1-9H;1-5H,7H2. The van der Waals surface area contributed by atoms with Crippen molar-refractivity contribution in [3.05, 3.63) is 450 Å². The van der Waals surface area contributed by atoms with E-state index in [-0.39, 0.29) is 0 Å². The molecule has 4 nitrogen and oxygen atoms in total. The lowest BCUT2D eigenvalue weighted by Crippen LogP contribution is -2.15. The van der Waals surface area contributed by atoms with Crippen LogP contribution < -0.4 is 20.9 Å². The monoisotopic (exact) mass is 1570 g/mol. The fraction of sp³-hybridized carbons (Fsp3) is 0. The number of halogens is 3. The summed E-state index contributed by atoms with van der Waals surface area (Å²) >= 11 is 10.9. The lowest BCUT2D eigenvalue weighted by Gasteiger charge is -2.34. The quantitative estimate of drug-likeness (QED) is 0.0727. The number of anilines is 9. The molecule has 0 spiro atoms. The first-order valence-electron chi connectivity index (χ1n) is 35.6. The molecule has 0 heterocycles. The Kier molecular flexibility index (Phi) is 23.7. The summed E-state index contributed by atoms with van der Waals surface area (Å²) in [6.07, 6.45) is 0. The Morgan fingerprint density at radius 2 is 0.467 bits per heavy atom. The van der Waals surface area contributed by atoms with Crippen molar-refractivity contribution in [1.82, 2.24) is 0 Å². The van der Waals surface area contributed by atoms with Crippen molar-refractivity contribution in [2.75, 3.05) is 20.9 Å². The Morgan fingerprint density at radius 3 is 0.813 bits per heavy atom. The normalized spacial score (nSPS) is 10.6. The van der Waals surface area contributed by atoms with Gasteiger partial charge in [-0.1, -0.05) is 380 Å². The summed E-state index contributed by atoms with van der Waals surface area (Å²) in [5.41, 5.74) is 24.8. The molecule has 0 saturated heterocycles. The minimum atomic E-state index is 0.822. The van der Waals surface area contributed by atoms with Crippen LogP contribution in [0.15, 0.2) is 450 Å². The molecule has 0 saturated carbocycles. The van der Waals surface area contributed by atoms with Crippen LogP contribution in [0.2, 0.25) is 0 Å². The predicted molar refractivity (Wildman–Crippen MR) is 471 cm³/mol. The van der Waals surface area contributed by atoms with Gasteiger partial charge in [-0.2, -0.15) is 0 Å². The van der Waals surface area contributed by atoms with Crippen LogP contribution in [0.4, 0.5) is 51.2 Å². The first-order chi connectivity index (χ1) is 52.9. The van der Waals surface area contributed by atoms with Gasteiger partial charge in [0.1, 0.15) is 0 Å². The summed E-state index contributed by atoms with van der Waals surface area (Å²) in [6.45, 7) is 0. The van der Waals surface area contributed by atoms with E-state index in [9.17, 15) is 0 Å². The maximum Gasteiger partial charge on any atom is 0.0620 e. The molecule has 0 fully saturated rings. The van der Waals surface area contributed by atoms with E-state index in [1.807, 2.05) is 72.8 Å². The van der Waals surface area contributed by atoms with Crippen molar-refractivity contribution >= 4 is 142 Å². The highest BCUT2D eigenvalue weighted by atomic mass is 79.9. The molecule has 0 aliphatic heterocycles. The molecule has 18 aromatic carbocycles. The third-order valence-electron chi connectivity index (χ3n) is 18.4. The lowest BCUT2D eigenvalue weighted by atomic mass is 9.93. The minimum absolute atomic E-state index is 0.822. The molecule has 0 radical (unpaired) electrons. The van der Waals surface area contributed by atoms with E-state index in [2.05, 4.69) is 427 Å². The van der Waals surface area contributed by atoms with E-state index < -0.39 is 0 Å². The number of benzene rings is 18. The third kappa shape index (κ3) is 16.9. The van der Waals surface area contributed by atoms with E-state index in [0.717, 1.165) is 55.7 Å². The van der Waals surface area contributed by atoms with Crippen molar-refractivity contribution in [3.8, 4) is 44.5 Å². The summed E-state index contributed by atoms with van der Waals surface area (Å²) in [6, 6.07) is 152. The van der Waals surface area contributed by atoms with Gasteiger partial charge in [-0.15, -0.1) is 0 Å². The van der Waals surface area contributed by atoms with Crippen molar-refractivity contribution in [1.29, 1.82) is 0 Å². The fourth-order valence-electron chi connectivity index (χ4n) is 13.5. The van der Waals surface area contributed by atoms with Crippen molar-refractivity contribution in [3.63, 3.8) is 0 Å². The number of nitrogens with zero attached hydrogens (tertiary/aromatic N) is 2. The zero-order valence-electron chi connectivity index (χ0n) is 58.7. The molecule has 0 atom stereocenters. The largest absolute Gasteiger partial charge is 0.399 e. The molecular formula is C100H75Br3N4. The predicted octanol–water partition coefficient (Wildman–Crippen LogP) is 30.3. The zero-order chi connectivity index (χ0) is 72.9. The van der Waals surface area contributed by atoms with Gasteiger partial charge in [0.25, 0.3) is 0 Å². The van der Waals surface area contributed by atoms with Crippen molar-refractivity contribution in [2.24, 2.45) is 0 Å². The second-order valence-corrected chi connectivity index (χ2v) is 27.7. The SMILES string of the molecule is Brc1c2ccccc2c(Br)c2ccccc12.Brc1ccccc1-c1ccccc1.Nc1ccccc1.c1ccc(-c2ccccc2N(c2ccccc2)c2c3ccccc3c(N(c3ccccc3)c3ccccc3-c3ccccc3)c3ccccc23)cc1.c1ccc(Nc2ccccc2-c2ccccc2)cc1. The fourth-order valence-corrected chi connectivity index (χ4v) is 15.4. The average molecular weight is 1570 g/mol. The minimum Gasteiger partial charge on any atom is -0.399 e. The molecule has 18 rings (SSSR count). The van der Waals surface area contributed by atoms with Crippen LogP contribution in [0, 0.1) is 0 Å². The van der Waals surface area contributed by atoms with Gasteiger partial charge in [-0.05, 0) is 154 Å². The summed E-state index contributed by atoms with van der Waals surface area (Å²) in [5, 5.41) is 13.1. The first-order valence-corrected chi connectivity index (χ1v) is 38.0. The molecule has 0 aliphatic carbocycles. The molecule has 0 bridgehead atoms. The summed E-state index contributed by atoms with van der Waals surface area (Å²) in [5.74, 6) is 0. The summed E-state index contributed by atoms with van der Waals surface area (Å²) in [7, 11) is 0. The maximum atomic E-state index is 5.36. The van der Waals surface area contributed by atoms with Gasteiger partial charge in [0.15, 0.2) is 0 Å². The van der Waals surface area contributed by atoms with Crippen LogP contribution in [0.1, 0.15) is 0 Å².